The molecule has 0 saturated carbocycles. The highest BCUT2D eigenvalue weighted by Crippen LogP contribution is 2.25. The topological polar surface area (TPSA) is 187 Å². The van der Waals surface area contributed by atoms with Crippen molar-refractivity contribution in [3.63, 3.8) is 0 Å². The van der Waals surface area contributed by atoms with Crippen molar-refractivity contribution < 1.29 is 35.1 Å². The van der Waals surface area contributed by atoms with Crippen LogP contribution in [0, 0.1) is 0 Å². The lowest BCUT2D eigenvalue weighted by molar-refractivity contribution is -0.139. The maximum absolute atomic E-state index is 10.4. The largest absolute Gasteiger partial charge is 0.508 e. The average molecular weight is 378 g/mol. The molecule has 2 aromatic carbocycles. The summed E-state index contributed by atoms with van der Waals surface area (Å²) in [5.74, 6) is -2.48. The number of aromatic hydroxyl groups is 3. The summed E-state index contributed by atoms with van der Waals surface area (Å²) in [6.45, 7) is 0. The molecule has 0 heterocycles. The minimum absolute atomic E-state index is 0.114. The van der Waals surface area contributed by atoms with E-state index in [1.165, 1.54) is 30.3 Å². The van der Waals surface area contributed by atoms with Crippen LogP contribution in [0.2, 0.25) is 0 Å². The first-order valence-corrected chi connectivity index (χ1v) is 7.85. The summed E-state index contributed by atoms with van der Waals surface area (Å²) in [5, 5.41) is 44.1. The van der Waals surface area contributed by atoms with E-state index in [1.54, 1.807) is 12.1 Å². The molecule has 0 amide bonds. The van der Waals surface area contributed by atoms with E-state index in [2.05, 4.69) is 0 Å². The van der Waals surface area contributed by atoms with Gasteiger partial charge in [0.2, 0.25) is 0 Å². The van der Waals surface area contributed by atoms with E-state index in [0.29, 0.717) is 5.56 Å². The molecule has 0 spiro atoms. The van der Waals surface area contributed by atoms with E-state index in [9.17, 15) is 9.59 Å². The third kappa shape index (κ3) is 7.63. The lowest BCUT2D eigenvalue weighted by Gasteiger charge is -2.06. The minimum Gasteiger partial charge on any atom is -0.508 e. The maximum Gasteiger partial charge on any atom is 0.320 e. The van der Waals surface area contributed by atoms with Crippen LogP contribution in [-0.2, 0) is 22.4 Å². The van der Waals surface area contributed by atoms with Gasteiger partial charge in [-0.05, 0) is 48.2 Å². The molecule has 1 unspecified atom stereocenters. The number of carbonyl (C=O) groups is 2. The summed E-state index contributed by atoms with van der Waals surface area (Å²) >= 11 is 0. The van der Waals surface area contributed by atoms with Crippen molar-refractivity contribution in [2.45, 2.75) is 24.9 Å². The van der Waals surface area contributed by atoms with Crippen LogP contribution < -0.4 is 11.5 Å². The first-order chi connectivity index (χ1) is 12.6. The molecule has 0 saturated heterocycles. The number of hydrogen-bond acceptors (Lipinski definition) is 7. The Morgan fingerprint density at radius 2 is 1.19 bits per heavy atom. The van der Waals surface area contributed by atoms with Crippen molar-refractivity contribution in [1.82, 2.24) is 0 Å². The molecule has 2 aromatic rings. The second kappa shape index (κ2) is 10.00. The lowest BCUT2D eigenvalue weighted by Crippen LogP contribution is -2.32. The molecule has 9 nitrogen and oxygen atoms in total. The molecule has 146 valence electrons. The van der Waals surface area contributed by atoms with Gasteiger partial charge in [-0.1, -0.05) is 18.2 Å². The smallest absolute Gasteiger partial charge is 0.320 e. The fourth-order valence-electron chi connectivity index (χ4n) is 2.01. The van der Waals surface area contributed by atoms with Gasteiger partial charge in [-0.15, -0.1) is 0 Å². The van der Waals surface area contributed by atoms with E-state index in [0.717, 1.165) is 5.56 Å². The number of carboxylic acid groups (broad SMARTS) is 2. The van der Waals surface area contributed by atoms with Crippen LogP contribution in [0.15, 0.2) is 42.5 Å². The highest BCUT2D eigenvalue weighted by atomic mass is 16.4. The monoisotopic (exact) mass is 378 g/mol. The predicted octanol–water partition coefficient (Wildman–Crippen LogP) is 0.399. The molecule has 9 N–H and O–H groups in total. The highest BCUT2D eigenvalue weighted by molar-refractivity contribution is 5.74. The standard InChI is InChI=1S/C9H11NO4.C9H11NO3/c10-6(9(13)14)3-5-1-2-7(11)8(12)4-5;10-8(9(12)13)5-6-1-3-7(11)4-2-6/h1-2,4,6,11-12H,3,10H2,(H,13,14);1-4,8,11H,5,10H2,(H,12,13)/t;8-/m.0/s1. The fraction of sp³-hybridized carbons (Fsp3) is 0.222. The van der Waals surface area contributed by atoms with Gasteiger partial charge in [-0.3, -0.25) is 9.59 Å². The lowest BCUT2D eigenvalue weighted by atomic mass is 10.1. The van der Waals surface area contributed by atoms with Gasteiger partial charge in [0.1, 0.15) is 17.8 Å². The van der Waals surface area contributed by atoms with Crippen molar-refractivity contribution in [2.24, 2.45) is 11.5 Å². The number of carboxylic acids is 2. The van der Waals surface area contributed by atoms with E-state index >= 15 is 0 Å². The number of benzene rings is 2. The van der Waals surface area contributed by atoms with E-state index < -0.39 is 24.0 Å². The molecular formula is C18H22N2O7. The second-order valence-corrected chi connectivity index (χ2v) is 5.79. The first-order valence-electron chi connectivity index (χ1n) is 7.85. The number of phenolic OH excluding ortho intramolecular Hbond substituents is 3. The van der Waals surface area contributed by atoms with Gasteiger partial charge in [0.05, 0.1) is 0 Å². The zero-order chi connectivity index (χ0) is 20.6. The normalized spacial score (nSPS) is 12.4. The minimum atomic E-state index is -1.10. The van der Waals surface area contributed by atoms with Gasteiger partial charge in [-0.2, -0.15) is 0 Å². The Morgan fingerprint density at radius 3 is 1.63 bits per heavy atom. The van der Waals surface area contributed by atoms with Gasteiger partial charge < -0.3 is 37.0 Å². The summed E-state index contributed by atoms with van der Waals surface area (Å²) in [6.07, 6.45) is 0.388. The van der Waals surface area contributed by atoms with Crippen LogP contribution >= 0.6 is 0 Å². The summed E-state index contributed by atoms with van der Waals surface area (Å²) in [7, 11) is 0. The van der Waals surface area contributed by atoms with Crippen LogP contribution in [0.4, 0.5) is 0 Å². The Morgan fingerprint density at radius 1 is 0.741 bits per heavy atom. The van der Waals surface area contributed by atoms with Gasteiger partial charge in [0.15, 0.2) is 11.5 Å². The van der Waals surface area contributed by atoms with E-state index in [1.807, 2.05) is 0 Å². The molecular weight excluding hydrogens is 356 g/mol. The SMILES string of the molecule is NC(Cc1ccc(O)c(O)c1)C(=O)O.N[C@@H](Cc1ccc(O)cc1)C(=O)O. The first kappa shape index (κ1) is 21.7. The van der Waals surface area contributed by atoms with Crippen molar-refractivity contribution in [1.29, 1.82) is 0 Å². The summed E-state index contributed by atoms with van der Waals surface area (Å²) < 4.78 is 0. The van der Waals surface area contributed by atoms with Crippen LogP contribution in [0.25, 0.3) is 0 Å². The second-order valence-electron chi connectivity index (χ2n) is 5.79. The molecule has 0 aliphatic heterocycles. The Labute approximate surface area is 155 Å². The molecule has 2 rings (SSSR count). The highest BCUT2D eigenvalue weighted by Gasteiger charge is 2.13. The third-order valence-corrected chi connectivity index (χ3v) is 3.52. The number of rotatable bonds is 6. The van der Waals surface area contributed by atoms with Crippen molar-refractivity contribution in [2.75, 3.05) is 0 Å². The van der Waals surface area contributed by atoms with Gasteiger partial charge in [0, 0.05) is 0 Å². The van der Waals surface area contributed by atoms with E-state index in [-0.39, 0.29) is 30.1 Å². The van der Waals surface area contributed by atoms with E-state index in [4.69, 9.17) is 37.0 Å². The summed E-state index contributed by atoms with van der Waals surface area (Å²) in [6, 6.07) is 8.52. The molecule has 0 fully saturated rings. The molecule has 9 heteroatoms. The predicted molar refractivity (Wildman–Crippen MR) is 96.5 cm³/mol. The molecule has 0 aliphatic rings. The number of hydrogen-bond donors (Lipinski definition) is 7. The molecule has 0 aromatic heterocycles. The Kier molecular flexibility index (Phi) is 8.05. The van der Waals surface area contributed by atoms with Crippen LogP contribution in [0.5, 0.6) is 17.2 Å². The number of phenols is 3. The van der Waals surface area contributed by atoms with Gasteiger partial charge in [-0.25, -0.2) is 0 Å². The molecule has 0 bridgehead atoms. The number of aliphatic carboxylic acids is 2. The Balaban J connectivity index is 0.000000271. The van der Waals surface area contributed by atoms with Gasteiger partial charge >= 0.3 is 11.9 Å². The third-order valence-electron chi connectivity index (χ3n) is 3.52. The van der Waals surface area contributed by atoms with Crippen LogP contribution in [0.1, 0.15) is 11.1 Å². The zero-order valence-corrected chi connectivity index (χ0v) is 14.3. The molecule has 0 radical (unpaired) electrons. The van der Waals surface area contributed by atoms with Crippen LogP contribution in [0.3, 0.4) is 0 Å². The average Bonchev–Trinajstić information content (AvgIpc) is 2.60. The van der Waals surface area contributed by atoms with Crippen molar-refractivity contribution in [3.8, 4) is 17.2 Å². The Hall–Kier alpha value is -3.30. The van der Waals surface area contributed by atoms with Crippen molar-refractivity contribution >= 4 is 11.9 Å². The summed E-state index contributed by atoms with van der Waals surface area (Å²) in [5.41, 5.74) is 12.0. The molecule has 2 atom stereocenters. The fourth-order valence-corrected chi connectivity index (χ4v) is 2.01. The van der Waals surface area contributed by atoms with Gasteiger partial charge in [0.25, 0.3) is 0 Å². The maximum atomic E-state index is 10.4. The number of nitrogens with two attached hydrogens (primary N) is 2. The molecule has 0 aliphatic carbocycles. The van der Waals surface area contributed by atoms with Crippen LogP contribution in [-0.4, -0.2) is 49.6 Å². The quantitative estimate of drug-likeness (QED) is 0.349. The molecule has 27 heavy (non-hydrogen) atoms. The van der Waals surface area contributed by atoms with Crippen molar-refractivity contribution in [3.05, 3.63) is 53.6 Å². The summed E-state index contributed by atoms with van der Waals surface area (Å²) in [4.78, 5) is 20.8. The zero-order valence-electron chi connectivity index (χ0n) is 14.3. The Bertz CT molecular complexity index is 778.